The molecule has 10 heavy (non-hydrogen) atoms. The zero-order valence-electron chi connectivity index (χ0n) is 5.66. The van der Waals surface area contributed by atoms with Crippen LogP contribution in [0, 0.1) is 11.3 Å². The summed E-state index contributed by atoms with van der Waals surface area (Å²) >= 11 is 0. The second-order valence-corrected chi connectivity index (χ2v) is 0.506. The zero-order chi connectivity index (χ0) is 6.28. The molecular formula is C3H13N3O4. The van der Waals surface area contributed by atoms with Crippen molar-refractivity contribution >= 4 is 6.16 Å². The van der Waals surface area contributed by atoms with E-state index < -0.39 is 6.16 Å². The molecule has 0 aromatic carbocycles. The first-order valence-electron chi connectivity index (χ1n) is 1.37. The monoisotopic (exact) mass is 155 g/mol. The SMILES string of the molecule is CC#N.N.N.O.O=C(O)O. The second kappa shape index (κ2) is 48.3. The van der Waals surface area contributed by atoms with Crippen molar-refractivity contribution in [2.75, 3.05) is 0 Å². The van der Waals surface area contributed by atoms with Gasteiger partial charge in [-0.2, -0.15) is 5.26 Å². The van der Waals surface area contributed by atoms with E-state index >= 15 is 0 Å². The molecule has 0 aliphatic rings. The summed E-state index contributed by atoms with van der Waals surface area (Å²) < 4.78 is 0. The average Bonchev–Trinajstić information content (AvgIpc) is 1.33. The Bertz CT molecular complexity index is 84.2. The first-order chi connectivity index (χ1) is 3.15. The summed E-state index contributed by atoms with van der Waals surface area (Å²) in [5.41, 5.74) is 0. The number of carboxylic acid groups (broad SMARTS) is 2. The summed E-state index contributed by atoms with van der Waals surface area (Å²) in [5, 5.41) is 21.3. The summed E-state index contributed by atoms with van der Waals surface area (Å²) in [5.74, 6) is 0. The van der Waals surface area contributed by atoms with Crippen LogP contribution >= 0.6 is 0 Å². The minimum absolute atomic E-state index is 0. The van der Waals surface area contributed by atoms with Crippen LogP contribution in [0.1, 0.15) is 6.92 Å². The van der Waals surface area contributed by atoms with Crippen LogP contribution in [0.5, 0.6) is 0 Å². The predicted molar refractivity (Wildman–Crippen MR) is 35.6 cm³/mol. The topological polar surface area (TPSA) is 183 Å². The van der Waals surface area contributed by atoms with Gasteiger partial charge in [0.2, 0.25) is 0 Å². The van der Waals surface area contributed by atoms with Crippen molar-refractivity contribution < 1.29 is 20.5 Å². The number of nitriles is 1. The predicted octanol–water partition coefficient (Wildman–Crippen LogP) is 0.252. The Hall–Kier alpha value is -1.36. The quantitative estimate of drug-likeness (QED) is 0.388. The minimum Gasteiger partial charge on any atom is -0.450 e. The molecule has 0 amide bonds. The smallest absolute Gasteiger partial charge is 0.450 e. The number of hydrogen-bond donors (Lipinski definition) is 4. The van der Waals surface area contributed by atoms with Crippen LogP contribution in [0.25, 0.3) is 0 Å². The molecule has 0 aliphatic carbocycles. The highest BCUT2D eigenvalue weighted by Gasteiger charge is 1.70. The van der Waals surface area contributed by atoms with E-state index in [-0.39, 0.29) is 17.8 Å². The standard InChI is InChI=1S/C2H3N.CH2O3.2H3N.H2O/c1-2-3;2-1(3)4;;;/h1H3;(H2,2,3,4);2*1H3;1H2. The van der Waals surface area contributed by atoms with Gasteiger partial charge >= 0.3 is 6.16 Å². The van der Waals surface area contributed by atoms with Gasteiger partial charge in [-0.05, 0) is 0 Å². The molecule has 0 spiro atoms. The molecule has 0 aliphatic heterocycles. The van der Waals surface area contributed by atoms with Gasteiger partial charge in [0.05, 0.1) is 6.07 Å². The van der Waals surface area contributed by atoms with Gasteiger partial charge in [-0.3, -0.25) is 0 Å². The summed E-state index contributed by atoms with van der Waals surface area (Å²) in [6.07, 6.45) is -1.83. The molecule has 0 heterocycles. The van der Waals surface area contributed by atoms with E-state index in [0.29, 0.717) is 0 Å². The van der Waals surface area contributed by atoms with Gasteiger partial charge in [0.1, 0.15) is 0 Å². The van der Waals surface area contributed by atoms with Gasteiger partial charge in [-0.15, -0.1) is 0 Å². The Balaban J connectivity index is -0.0000000131. The third-order valence-electron chi connectivity index (χ3n) is 0. The molecule has 0 saturated heterocycles. The summed E-state index contributed by atoms with van der Waals surface area (Å²) in [4.78, 5) is 8.56. The van der Waals surface area contributed by atoms with Crippen molar-refractivity contribution in [3.05, 3.63) is 0 Å². The normalized spacial score (nSPS) is 3.20. The van der Waals surface area contributed by atoms with E-state index in [2.05, 4.69) is 0 Å². The Labute approximate surface area is 58.4 Å². The lowest BCUT2D eigenvalue weighted by Gasteiger charge is -1.60. The molecule has 0 unspecified atom stereocenters. The van der Waals surface area contributed by atoms with E-state index in [1.165, 1.54) is 6.92 Å². The van der Waals surface area contributed by atoms with Crippen LogP contribution < -0.4 is 12.3 Å². The van der Waals surface area contributed by atoms with Crippen LogP contribution in [0.4, 0.5) is 4.79 Å². The fraction of sp³-hybridized carbons (Fsp3) is 0.333. The van der Waals surface area contributed by atoms with Crippen LogP contribution in [0.3, 0.4) is 0 Å². The first-order valence-corrected chi connectivity index (χ1v) is 1.37. The van der Waals surface area contributed by atoms with E-state index in [4.69, 9.17) is 20.3 Å². The van der Waals surface area contributed by atoms with Gasteiger partial charge < -0.3 is 28.0 Å². The molecule has 0 bridgehead atoms. The van der Waals surface area contributed by atoms with E-state index in [0.717, 1.165) is 0 Å². The highest BCUT2D eigenvalue weighted by molar-refractivity contribution is 5.53. The van der Waals surface area contributed by atoms with Gasteiger partial charge in [0.25, 0.3) is 0 Å². The maximum Gasteiger partial charge on any atom is 0.503 e. The third-order valence-corrected chi connectivity index (χ3v) is 0. The highest BCUT2D eigenvalue weighted by Crippen LogP contribution is 1.42. The van der Waals surface area contributed by atoms with Crippen LogP contribution in [0.2, 0.25) is 0 Å². The van der Waals surface area contributed by atoms with Crippen molar-refractivity contribution in [2.24, 2.45) is 0 Å². The molecule has 0 rings (SSSR count). The fourth-order valence-electron chi connectivity index (χ4n) is 0. The maximum absolute atomic E-state index is 8.56. The van der Waals surface area contributed by atoms with Crippen molar-refractivity contribution in [1.82, 2.24) is 12.3 Å². The molecule has 7 nitrogen and oxygen atoms in total. The maximum atomic E-state index is 8.56. The van der Waals surface area contributed by atoms with Crippen molar-refractivity contribution in [3.8, 4) is 6.07 Å². The number of nitrogens with zero attached hydrogens (tertiary/aromatic N) is 1. The molecular weight excluding hydrogens is 142 g/mol. The fourth-order valence-corrected chi connectivity index (χ4v) is 0. The largest absolute Gasteiger partial charge is 0.503 e. The third kappa shape index (κ3) is 114. The molecule has 0 saturated carbocycles. The van der Waals surface area contributed by atoms with Gasteiger partial charge in [0.15, 0.2) is 0 Å². The lowest BCUT2D eigenvalue weighted by Crippen LogP contribution is -1.81. The Morgan fingerprint density at radius 3 is 1.40 bits per heavy atom. The number of rotatable bonds is 0. The molecule has 0 atom stereocenters. The van der Waals surface area contributed by atoms with Crippen molar-refractivity contribution in [2.45, 2.75) is 6.92 Å². The number of carbonyl (C=O) groups is 1. The lowest BCUT2D eigenvalue weighted by molar-refractivity contribution is 0.137. The van der Waals surface area contributed by atoms with E-state index in [9.17, 15) is 0 Å². The molecule has 7 heteroatoms. The van der Waals surface area contributed by atoms with Gasteiger partial charge in [-0.1, -0.05) is 0 Å². The first kappa shape index (κ1) is 38.1. The van der Waals surface area contributed by atoms with Crippen LogP contribution in [-0.4, -0.2) is 21.8 Å². The molecule has 0 radical (unpaired) electrons. The number of hydrogen-bond acceptors (Lipinski definition) is 4. The van der Waals surface area contributed by atoms with Gasteiger partial charge in [-0.25, -0.2) is 4.79 Å². The van der Waals surface area contributed by atoms with Crippen molar-refractivity contribution in [1.29, 1.82) is 5.26 Å². The summed E-state index contributed by atoms with van der Waals surface area (Å²) in [6, 6.07) is 1.75. The second-order valence-electron chi connectivity index (χ2n) is 0.506. The Morgan fingerprint density at radius 1 is 1.40 bits per heavy atom. The molecule has 0 fully saturated rings. The Morgan fingerprint density at radius 2 is 1.40 bits per heavy atom. The van der Waals surface area contributed by atoms with Crippen molar-refractivity contribution in [3.63, 3.8) is 0 Å². The molecule has 64 valence electrons. The lowest BCUT2D eigenvalue weighted by atomic mass is 11.0. The highest BCUT2D eigenvalue weighted by atomic mass is 16.6. The van der Waals surface area contributed by atoms with Crippen LogP contribution in [-0.2, 0) is 0 Å². The molecule has 0 aromatic heterocycles. The van der Waals surface area contributed by atoms with Crippen LogP contribution in [0.15, 0.2) is 0 Å². The summed E-state index contributed by atoms with van der Waals surface area (Å²) in [7, 11) is 0. The summed E-state index contributed by atoms with van der Waals surface area (Å²) in [6.45, 7) is 1.43. The van der Waals surface area contributed by atoms with Gasteiger partial charge in [0, 0.05) is 6.92 Å². The minimum atomic E-state index is -1.83. The Kier molecular flexibility index (Phi) is 184. The molecule has 10 N–H and O–H groups in total. The van der Waals surface area contributed by atoms with E-state index in [1.54, 1.807) is 6.07 Å². The zero-order valence-corrected chi connectivity index (χ0v) is 5.66. The average molecular weight is 155 g/mol. The molecule has 0 aromatic rings. The van der Waals surface area contributed by atoms with E-state index in [1.807, 2.05) is 0 Å².